The SMILES string of the molecule is CC(=O)NCc1ccnc(C2CCCN2C(=O)c2ccc(C)s2)n1. The Morgan fingerprint density at radius 2 is 2.21 bits per heavy atom. The Bertz CT molecular complexity index is 759. The van der Waals surface area contributed by atoms with E-state index in [0.717, 1.165) is 34.8 Å². The van der Waals surface area contributed by atoms with Gasteiger partial charge in [0.1, 0.15) is 0 Å². The average molecular weight is 344 g/mol. The summed E-state index contributed by atoms with van der Waals surface area (Å²) in [6, 6.07) is 5.53. The summed E-state index contributed by atoms with van der Waals surface area (Å²) in [6.07, 6.45) is 3.50. The van der Waals surface area contributed by atoms with E-state index >= 15 is 0 Å². The molecule has 2 aromatic heterocycles. The molecule has 0 aliphatic carbocycles. The van der Waals surface area contributed by atoms with Gasteiger partial charge in [-0.2, -0.15) is 0 Å². The van der Waals surface area contributed by atoms with Crippen LogP contribution in [0.15, 0.2) is 24.4 Å². The Kier molecular flexibility index (Phi) is 4.89. The van der Waals surface area contributed by atoms with E-state index in [9.17, 15) is 9.59 Å². The molecule has 3 rings (SSSR count). The summed E-state index contributed by atoms with van der Waals surface area (Å²) < 4.78 is 0. The van der Waals surface area contributed by atoms with Crippen molar-refractivity contribution in [3.05, 3.63) is 45.7 Å². The Labute approximate surface area is 144 Å². The summed E-state index contributed by atoms with van der Waals surface area (Å²) >= 11 is 1.51. The van der Waals surface area contributed by atoms with Crippen LogP contribution in [0.1, 0.15) is 51.9 Å². The lowest BCUT2D eigenvalue weighted by Crippen LogP contribution is -2.31. The molecule has 1 saturated heterocycles. The number of thiophene rings is 1. The van der Waals surface area contributed by atoms with Crippen LogP contribution in [0.3, 0.4) is 0 Å². The zero-order valence-corrected chi connectivity index (χ0v) is 14.6. The first-order chi connectivity index (χ1) is 11.5. The van der Waals surface area contributed by atoms with Crippen LogP contribution >= 0.6 is 11.3 Å². The monoisotopic (exact) mass is 344 g/mol. The van der Waals surface area contributed by atoms with Gasteiger partial charge in [0.2, 0.25) is 5.91 Å². The highest BCUT2D eigenvalue weighted by atomic mass is 32.1. The quantitative estimate of drug-likeness (QED) is 0.924. The first-order valence-corrected chi connectivity index (χ1v) is 8.80. The second-order valence-corrected chi connectivity index (χ2v) is 7.17. The lowest BCUT2D eigenvalue weighted by Gasteiger charge is -2.23. The van der Waals surface area contributed by atoms with Crippen LogP contribution in [0, 0.1) is 6.92 Å². The second-order valence-electron chi connectivity index (χ2n) is 5.88. The molecular weight excluding hydrogens is 324 g/mol. The molecule has 0 spiro atoms. The van der Waals surface area contributed by atoms with Gasteiger partial charge in [0.25, 0.3) is 5.91 Å². The standard InChI is InChI=1S/C17H20N4O2S/c1-11-5-6-15(24-11)17(23)21-9-3-4-14(21)16-18-8-7-13(20-16)10-19-12(2)22/h5-8,14H,3-4,9-10H2,1-2H3,(H,19,22). The highest BCUT2D eigenvalue weighted by molar-refractivity contribution is 7.13. The number of aromatic nitrogens is 2. The molecule has 0 saturated carbocycles. The van der Waals surface area contributed by atoms with Crippen molar-refractivity contribution < 1.29 is 9.59 Å². The van der Waals surface area contributed by atoms with Crippen LogP contribution in [-0.2, 0) is 11.3 Å². The Hall–Kier alpha value is -2.28. The van der Waals surface area contributed by atoms with Crippen LogP contribution < -0.4 is 5.32 Å². The zero-order valence-electron chi connectivity index (χ0n) is 13.8. The van der Waals surface area contributed by atoms with Crippen molar-refractivity contribution >= 4 is 23.2 Å². The lowest BCUT2D eigenvalue weighted by atomic mass is 10.2. The van der Waals surface area contributed by atoms with Crippen molar-refractivity contribution in [2.45, 2.75) is 39.3 Å². The van der Waals surface area contributed by atoms with Gasteiger partial charge in [-0.05, 0) is 38.0 Å². The van der Waals surface area contributed by atoms with Crippen molar-refractivity contribution in [1.82, 2.24) is 20.2 Å². The Balaban J connectivity index is 1.79. The van der Waals surface area contributed by atoms with Crippen molar-refractivity contribution in [2.24, 2.45) is 0 Å². The molecule has 6 nitrogen and oxygen atoms in total. The smallest absolute Gasteiger partial charge is 0.264 e. The largest absolute Gasteiger partial charge is 0.351 e. The molecule has 1 aliphatic rings. The Morgan fingerprint density at radius 3 is 2.92 bits per heavy atom. The molecule has 1 fully saturated rings. The van der Waals surface area contributed by atoms with Gasteiger partial charge in [-0.1, -0.05) is 0 Å². The van der Waals surface area contributed by atoms with Crippen molar-refractivity contribution in [3.63, 3.8) is 0 Å². The first-order valence-electron chi connectivity index (χ1n) is 7.98. The Morgan fingerprint density at radius 1 is 1.38 bits per heavy atom. The predicted octanol–water partition coefficient (Wildman–Crippen LogP) is 2.46. The van der Waals surface area contributed by atoms with Gasteiger partial charge >= 0.3 is 0 Å². The normalized spacial score (nSPS) is 17.1. The molecule has 2 aromatic rings. The average Bonchev–Trinajstić information content (AvgIpc) is 3.21. The van der Waals surface area contributed by atoms with Crippen molar-refractivity contribution in [3.8, 4) is 0 Å². The van der Waals surface area contributed by atoms with Crippen LogP contribution in [0.5, 0.6) is 0 Å². The van der Waals surface area contributed by atoms with Crippen LogP contribution in [0.4, 0.5) is 0 Å². The molecule has 24 heavy (non-hydrogen) atoms. The van der Waals surface area contributed by atoms with Crippen LogP contribution in [0.2, 0.25) is 0 Å². The summed E-state index contributed by atoms with van der Waals surface area (Å²) in [4.78, 5) is 36.5. The van der Waals surface area contributed by atoms with Gasteiger partial charge in [-0.15, -0.1) is 11.3 Å². The maximum absolute atomic E-state index is 12.8. The van der Waals surface area contributed by atoms with E-state index in [1.807, 2.05) is 24.0 Å². The highest BCUT2D eigenvalue weighted by Crippen LogP contribution is 2.32. The maximum Gasteiger partial charge on any atom is 0.264 e. The molecule has 1 N–H and O–H groups in total. The molecule has 0 bridgehead atoms. The van der Waals surface area contributed by atoms with E-state index in [2.05, 4.69) is 15.3 Å². The lowest BCUT2D eigenvalue weighted by molar-refractivity contribution is -0.119. The number of carbonyl (C=O) groups excluding carboxylic acids is 2. The molecule has 126 valence electrons. The minimum Gasteiger partial charge on any atom is -0.351 e. The minimum atomic E-state index is -0.0998. The third kappa shape index (κ3) is 3.62. The number of hydrogen-bond donors (Lipinski definition) is 1. The van der Waals surface area contributed by atoms with E-state index in [-0.39, 0.29) is 17.9 Å². The summed E-state index contributed by atoms with van der Waals surface area (Å²) in [5, 5.41) is 2.73. The fraction of sp³-hybridized carbons (Fsp3) is 0.412. The van der Waals surface area contributed by atoms with E-state index in [4.69, 9.17) is 0 Å². The molecule has 2 amide bonds. The fourth-order valence-corrected chi connectivity index (χ4v) is 3.68. The van der Waals surface area contributed by atoms with E-state index < -0.39 is 0 Å². The number of nitrogens with one attached hydrogen (secondary N) is 1. The summed E-state index contributed by atoms with van der Waals surface area (Å²) in [7, 11) is 0. The topological polar surface area (TPSA) is 75.2 Å². The summed E-state index contributed by atoms with van der Waals surface area (Å²) in [5.74, 6) is 0.601. The summed E-state index contributed by atoms with van der Waals surface area (Å²) in [6.45, 7) is 4.56. The van der Waals surface area contributed by atoms with E-state index in [0.29, 0.717) is 12.4 Å². The first kappa shape index (κ1) is 16.6. The molecule has 3 heterocycles. The highest BCUT2D eigenvalue weighted by Gasteiger charge is 2.33. The predicted molar refractivity (Wildman–Crippen MR) is 91.6 cm³/mol. The number of aryl methyl sites for hydroxylation is 1. The molecule has 1 atom stereocenters. The minimum absolute atomic E-state index is 0.0477. The van der Waals surface area contributed by atoms with Gasteiger partial charge in [0.15, 0.2) is 5.82 Å². The fourth-order valence-electron chi connectivity index (χ4n) is 2.86. The maximum atomic E-state index is 12.8. The number of nitrogens with zero attached hydrogens (tertiary/aromatic N) is 3. The number of amides is 2. The molecule has 0 aromatic carbocycles. The van der Waals surface area contributed by atoms with Gasteiger partial charge in [-0.25, -0.2) is 9.97 Å². The van der Waals surface area contributed by atoms with Gasteiger partial charge < -0.3 is 10.2 Å². The number of likely N-dealkylation sites (tertiary alicyclic amines) is 1. The third-order valence-electron chi connectivity index (χ3n) is 4.01. The molecule has 1 aliphatic heterocycles. The molecule has 7 heteroatoms. The van der Waals surface area contributed by atoms with E-state index in [1.54, 1.807) is 12.3 Å². The number of hydrogen-bond acceptors (Lipinski definition) is 5. The number of rotatable bonds is 4. The van der Waals surface area contributed by atoms with Crippen LogP contribution in [0.25, 0.3) is 0 Å². The molecule has 1 unspecified atom stereocenters. The van der Waals surface area contributed by atoms with Gasteiger partial charge in [0, 0.05) is 24.5 Å². The summed E-state index contributed by atoms with van der Waals surface area (Å²) in [5.41, 5.74) is 0.751. The van der Waals surface area contributed by atoms with Crippen molar-refractivity contribution in [2.75, 3.05) is 6.54 Å². The third-order valence-corrected chi connectivity index (χ3v) is 5.00. The second kappa shape index (κ2) is 7.09. The van der Waals surface area contributed by atoms with Gasteiger partial charge in [-0.3, -0.25) is 9.59 Å². The molecular formula is C17H20N4O2S. The van der Waals surface area contributed by atoms with E-state index in [1.165, 1.54) is 18.3 Å². The zero-order chi connectivity index (χ0) is 17.1. The number of carbonyl (C=O) groups is 2. The van der Waals surface area contributed by atoms with Crippen molar-refractivity contribution in [1.29, 1.82) is 0 Å². The van der Waals surface area contributed by atoms with Crippen LogP contribution in [-0.4, -0.2) is 33.2 Å². The molecule has 0 radical (unpaired) electrons. The van der Waals surface area contributed by atoms with Gasteiger partial charge in [0.05, 0.1) is 23.2 Å².